The van der Waals surface area contributed by atoms with Crippen LogP contribution >= 0.6 is 23.2 Å². The Morgan fingerprint density at radius 3 is 2.57 bits per heavy atom. The summed E-state index contributed by atoms with van der Waals surface area (Å²) in [6.45, 7) is 8.27. The van der Waals surface area contributed by atoms with Crippen LogP contribution in [0.1, 0.15) is 122 Å². The number of anilines is 2. The normalized spacial score (nSPS) is 27.7. The first-order valence-corrected chi connectivity index (χ1v) is 24.7. The molecule has 1 unspecified atom stereocenters. The molecule has 68 heavy (non-hydrogen) atoms. The Balaban J connectivity index is 0.863. The molecule has 4 aromatic rings. The van der Waals surface area contributed by atoms with E-state index in [0.29, 0.717) is 59.6 Å². The third-order valence-corrected chi connectivity index (χ3v) is 15.9. The zero-order valence-electron chi connectivity index (χ0n) is 38.8. The van der Waals surface area contributed by atoms with Crippen LogP contribution in [-0.2, 0) is 26.3 Å². The summed E-state index contributed by atoms with van der Waals surface area (Å²) in [7, 11) is 1.62. The summed E-state index contributed by atoms with van der Waals surface area (Å²) in [4.78, 5) is 56.8. The summed E-state index contributed by atoms with van der Waals surface area (Å²) >= 11 is 13.0. The number of hydrogen-bond donors (Lipinski definition) is 4. The number of piperidine rings is 2. The molecule has 0 radical (unpaired) electrons. The Hall–Kier alpha value is -5.45. The van der Waals surface area contributed by atoms with Crippen molar-refractivity contribution in [2.45, 2.75) is 120 Å². The van der Waals surface area contributed by atoms with Gasteiger partial charge in [0.25, 0.3) is 5.91 Å². The van der Waals surface area contributed by atoms with Gasteiger partial charge in [-0.2, -0.15) is 0 Å². The smallest absolute Gasteiger partial charge is 0.255 e. The van der Waals surface area contributed by atoms with E-state index in [1.165, 1.54) is 0 Å². The molecule has 1 saturated carbocycles. The van der Waals surface area contributed by atoms with Gasteiger partial charge >= 0.3 is 0 Å². The maximum atomic E-state index is 16.4. The molecule has 5 aliphatic heterocycles. The summed E-state index contributed by atoms with van der Waals surface area (Å²) in [6, 6.07) is 21.3. The molecule has 1 aliphatic carbocycles. The number of imide groups is 1. The van der Waals surface area contributed by atoms with Crippen molar-refractivity contribution in [3.63, 3.8) is 0 Å². The lowest BCUT2D eigenvalue weighted by Crippen LogP contribution is -2.52. The number of likely N-dealkylation sites (tertiary alicyclic amines) is 1. The predicted molar refractivity (Wildman–Crippen MR) is 261 cm³/mol. The monoisotopic (exact) mass is 958 g/mol. The van der Waals surface area contributed by atoms with Gasteiger partial charge in [0.05, 0.1) is 23.9 Å². The van der Waals surface area contributed by atoms with E-state index in [0.717, 1.165) is 66.6 Å². The van der Waals surface area contributed by atoms with Gasteiger partial charge in [0.1, 0.15) is 17.6 Å². The van der Waals surface area contributed by atoms with E-state index in [9.17, 15) is 19.2 Å². The van der Waals surface area contributed by atoms with Crippen LogP contribution in [0, 0.1) is 29.0 Å². The minimum absolute atomic E-state index is 0.00753. The molecular weight excluding hydrogens is 903 g/mol. The van der Waals surface area contributed by atoms with Crippen molar-refractivity contribution in [2.75, 3.05) is 30.8 Å². The lowest BCUT2D eigenvalue weighted by molar-refractivity contribution is -0.137. The molecular formula is C54H57Cl2FN6O5. The van der Waals surface area contributed by atoms with E-state index in [1.54, 1.807) is 36.3 Å². The highest BCUT2D eigenvalue weighted by Crippen LogP contribution is 2.57. The largest absolute Gasteiger partial charge is 0.495 e. The summed E-state index contributed by atoms with van der Waals surface area (Å²) in [6.07, 6.45) is 6.30. The van der Waals surface area contributed by atoms with Crippen LogP contribution in [0.3, 0.4) is 0 Å². The van der Waals surface area contributed by atoms with Gasteiger partial charge in [-0.15, -0.1) is 0 Å². The lowest BCUT2D eigenvalue weighted by Gasteiger charge is -2.47. The van der Waals surface area contributed by atoms with E-state index in [1.807, 2.05) is 42.5 Å². The molecule has 14 heteroatoms. The zero-order valence-corrected chi connectivity index (χ0v) is 40.3. The molecule has 4 aromatic carbocycles. The quantitative estimate of drug-likeness (QED) is 0.102. The highest BCUT2D eigenvalue weighted by atomic mass is 35.5. The highest BCUT2D eigenvalue weighted by molar-refractivity contribution is 6.31. The van der Waals surface area contributed by atoms with Gasteiger partial charge < -0.3 is 25.6 Å². The Kier molecular flexibility index (Phi) is 12.3. The minimum atomic E-state index is -0.829. The molecule has 10 rings (SSSR count). The number of nitrogens with zero attached hydrogens (tertiary/aromatic N) is 2. The molecule has 4 N–H and O–H groups in total. The van der Waals surface area contributed by atoms with Crippen LogP contribution in [0.2, 0.25) is 10.0 Å². The standard InChI is InChI=1S/C54H57Cl2FN6O5/c1-53(2,3)27-45-54(29-58-41-26-33(55)17-18-38(41)54)47(36-11-8-12-39(56)48(36)57)49(60-45)51(66)59-40-19-16-32(25-44(40)68-4)42-13-5-6-22-62(42)34-23-30(24-34)14-15-31-9-7-10-35-37(31)28-63(52(35)67)43-20-21-46(64)61-50(43)65/h7-12,16-19,25-26,30,34,42-43,45,47,49,58,60H,5-6,13,20-24,27-29H2,1-4H3,(H,59,66)(H,61,64,65)/t30?,34?,42-,43?,45-,47-,49+,54-/m0/s1. The van der Waals surface area contributed by atoms with Crippen molar-refractivity contribution in [3.05, 3.63) is 122 Å². The van der Waals surface area contributed by atoms with Gasteiger partial charge in [-0.3, -0.25) is 29.4 Å². The first-order valence-electron chi connectivity index (χ1n) is 23.9. The van der Waals surface area contributed by atoms with Crippen molar-refractivity contribution in [3.8, 4) is 17.6 Å². The zero-order chi connectivity index (χ0) is 47.6. The number of fused-ring (bicyclic) bond motifs is 3. The molecule has 6 aliphatic rings. The number of ether oxygens (including phenoxy) is 1. The Morgan fingerprint density at radius 1 is 0.985 bits per heavy atom. The second kappa shape index (κ2) is 18.1. The average molecular weight is 960 g/mol. The van der Waals surface area contributed by atoms with Crippen molar-refractivity contribution < 1.29 is 28.3 Å². The van der Waals surface area contributed by atoms with Gasteiger partial charge in [0.15, 0.2) is 0 Å². The van der Waals surface area contributed by atoms with Crippen molar-refractivity contribution in [1.82, 2.24) is 20.4 Å². The van der Waals surface area contributed by atoms with Gasteiger partial charge in [0, 0.05) is 76.7 Å². The summed E-state index contributed by atoms with van der Waals surface area (Å²) in [5.41, 5.74) is 5.26. The number of carbonyl (C=O) groups excluding carboxylic acids is 4. The Bertz CT molecular complexity index is 2780. The molecule has 3 saturated heterocycles. The summed E-state index contributed by atoms with van der Waals surface area (Å²) < 4.78 is 22.4. The van der Waals surface area contributed by atoms with Crippen molar-refractivity contribution >= 4 is 58.2 Å². The summed E-state index contributed by atoms with van der Waals surface area (Å²) in [5, 5.41) is 13.5. The second-order valence-corrected chi connectivity index (χ2v) is 21.5. The number of hydrogen-bond acceptors (Lipinski definition) is 8. The average Bonchev–Trinajstić information content (AvgIpc) is 3.94. The predicted octanol–water partition coefficient (Wildman–Crippen LogP) is 9.12. The number of methoxy groups -OCH3 is 1. The molecule has 4 amide bonds. The Morgan fingerprint density at radius 2 is 1.79 bits per heavy atom. The molecule has 1 spiro atoms. The first-order chi connectivity index (χ1) is 32.6. The van der Waals surface area contributed by atoms with Crippen molar-refractivity contribution in [2.24, 2.45) is 11.3 Å². The molecule has 0 aromatic heterocycles. The fourth-order valence-electron chi connectivity index (χ4n) is 12.1. The van der Waals surface area contributed by atoms with Gasteiger partial charge in [0.2, 0.25) is 17.7 Å². The van der Waals surface area contributed by atoms with Crippen LogP contribution < -0.4 is 26.0 Å². The minimum Gasteiger partial charge on any atom is -0.495 e. The fourth-order valence-corrected chi connectivity index (χ4v) is 12.5. The van der Waals surface area contributed by atoms with E-state index in [4.69, 9.17) is 27.9 Å². The third-order valence-electron chi connectivity index (χ3n) is 15.3. The summed E-state index contributed by atoms with van der Waals surface area (Å²) in [5.74, 6) is 5.26. The fraction of sp³-hybridized carbons (Fsp3) is 0.444. The molecule has 354 valence electrons. The number of nitrogens with one attached hydrogen (secondary N) is 4. The number of amides is 4. The van der Waals surface area contributed by atoms with Gasteiger partial charge in [-0.05, 0) is 115 Å². The van der Waals surface area contributed by atoms with Crippen LogP contribution in [0.4, 0.5) is 15.8 Å². The first kappa shape index (κ1) is 46.3. The number of carbonyl (C=O) groups is 4. The molecule has 11 nitrogen and oxygen atoms in total. The lowest BCUT2D eigenvalue weighted by atomic mass is 9.63. The number of benzene rings is 4. The van der Waals surface area contributed by atoms with E-state index in [-0.39, 0.29) is 52.6 Å². The van der Waals surface area contributed by atoms with Crippen LogP contribution in [0.25, 0.3) is 0 Å². The number of rotatable bonds is 8. The topological polar surface area (TPSA) is 132 Å². The SMILES string of the molecule is COc1cc([C@@H]2CCCCN2C2CC(C#Cc3cccc4c3CN(C3CCC(=O)NC3=O)C4=O)C2)ccc1NC(=O)[C@@H]1N[C@@H](CC(C)(C)C)[C@@]2(CNc3cc(Cl)ccc32)[C@H]1c1cccc(Cl)c1F. The van der Waals surface area contributed by atoms with Crippen LogP contribution in [0.15, 0.2) is 72.8 Å². The van der Waals surface area contributed by atoms with Crippen LogP contribution in [0.5, 0.6) is 5.75 Å². The second-order valence-electron chi connectivity index (χ2n) is 20.7. The maximum absolute atomic E-state index is 16.4. The van der Waals surface area contributed by atoms with Crippen molar-refractivity contribution in [1.29, 1.82) is 0 Å². The third kappa shape index (κ3) is 8.33. The van der Waals surface area contributed by atoms with Gasteiger partial charge in [-0.25, -0.2) is 4.39 Å². The van der Waals surface area contributed by atoms with E-state index >= 15 is 4.39 Å². The van der Waals surface area contributed by atoms with Crippen LogP contribution in [-0.4, -0.2) is 77.8 Å². The molecule has 6 atom stereocenters. The van der Waals surface area contributed by atoms with E-state index in [2.05, 4.69) is 64.8 Å². The van der Waals surface area contributed by atoms with Gasteiger partial charge in [-0.1, -0.05) is 92.6 Å². The Labute approximate surface area is 407 Å². The highest BCUT2D eigenvalue weighted by Gasteiger charge is 2.61. The van der Waals surface area contributed by atoms with E-state index < -0.39 is 35.1 Å². The molecule has 5 heterocycles. The maximum Gasteiger partial charge on any atom is 0.255 e. The molecule has 0 bridgehead atoms. The molecule has 4 fully saturated rings. The number of halogens is 3.